The lowest BCUT2D eigenvalue weighted by molar-refractivity contribution is 0.669. The molecule has 0 aliphatic rings. The molecule has 0 spiro atoms. The maximum Gasteiger partial charge on any atom is 0.159 e. The van der Waals surface area contributed by atoms with Crippen LogP contribution in [0.1, 0.15) is 0 Å². The number of aromatic nitrogens is 1. The maximum atomic E-state index is 6.79. The van der Waals surface area contributed by atoms with E-state index >= 15 is 0 Å². The third-order valence-corrected chi connectivity index (χ3v) is 12.4. The molecular formula is C60H40N2O. The molecule has 10 aromatic carbocycles. The Morgan fingerprint density at radius 3 is 1.56 bits per heavy atom. The third-order valence-electron chi connectivity index (χ3n) is 12.4. The normalized spacial score (nSPS) is 11.5. The quantitative estimate of drug-likeness (QED) is 0.153. The highest BCUT2D eigenvalue weighted by molar-refractivity contribution is 6.12. The summed E-state index contributed by atoms with van der Waals surface area (Å²) in [7, 11) is 0. The molecule has 12 aromatic rings. The van der Waals surface area contributed by atoms with Crippen LogP contribution in [0.2, 0.25) is 0 Å². The van der Waals surface area contributed by atoms with E-state index in [0.29, 0.717) is 0 Å². The van der Waals surface area contributed by atoms with Crippen LogP contribution in [0.3, 0.4) is 0 Å². The predicted octanol–water partition coefficient (Wildman–Crippen LogP) is 16.8. The minimum atomic E-state index is 0.844. The topological polar surface area (TPSA) is 21.3 Å². The Morgan fingerprint density at radius 2 is 0.841 bits per heavy atom. The van der Waals surface area contributed by atoms with Crippen LogP contribution in [0.4, 0.5) is 17.1 Å². The van der Waals surface area contributed by atoms with E-state index in [-0.39, 0.29) is 0 Å². The summed E-state index contributed by atoms with van der Waals surface area (Å²) in [6.07, 6.45) is 0. The Bertz CT molecular complexity index is 3570. The number of para-hydroxylation sites is 5. The van der Waals surface area contributed by atoms with Gasteiger partial charge in [-0.05, 0) is 99.6 Å². The molecule has 0 saturated carbocycles. The summed E-state index contributed by atoms with van der Waals surface area (Å²) in [5, 5.41) is 4.67. The molecule has 0 N–H and O–H groups in total. The van der Waals surface area contributed by atoms with Crippen molar-refractivity contribution in [2.45, 2.75) is 0 Å². The van der Waals surface area contributed by atoms with Crippen molar-refractivity contribution >= 4 is 60.8 Å². The SMILES string of the molecule is c1ccc(-c2ccc(-c3ccccc3-c3ccccc3N(c3ccc(-n4c5ccccc5c5ccccc54)cc3)c3cccc4c3oc3ccccc34)c(-c3ccccc3)c2)cc1. The third kappa shape index (κ3) is 6.21. The molecule has 0 saturated heterocycles. The van der Waals surface area contributed by atoms with Gasteiger partial charge in [0.15, 0.2) is 5.58 Å². The fourth-order valence-electron chi connectivity index (χ4n) is 9.56. The van der Waals surface area contributed by atoms with Gasteiger partial charge in [-0.2, -0.15) is 0 Å². The number of fused-ring (bicyclic) bond motifs is 6. The number of furan rings is 1. The molecule has 2 aromatic heterocycles. The summed E-state index contributed by atoms with van der Waals surface area (Å²) in [6.45, 7) is 0. The first-order valence-electron chi connectivity index (χ1n) is 21.5. The lowest BCUT2D eigenvalue weighted by Gasteiger charge is -2.29. The van der Waals surface area contributed by atoms with Crippen molar-refractivity contribution in [1.82, 2.24) is 4.57 Å². The number of benzene rings is 10. The minimum absolute atomic E-state index is 0.844. The van der Waals surface area contributed by atoms with E-state index < -0.39 is 0 Å². The highest BCUT2D eigenvalue weighted by Crippen LogP contribution is 2.48. The highest BCUT2D eigenvalue weighted by atomic mass is 16.3. The molecule has 3 nitrogen and oxygen atoms in total. The average molecular weight is 805 g/mol. The van der Waals surface area contributed by atoms with Gasteiger partial charge in [0.25, 0.3) is 0 Å². The van der Waals surface area contributed by atoms with E-state index in [4.69, 9.17) is 4.42 Å². The number of anilines is 3. The lowest BCUT2D eigenvalue weighted by atomic mass is 9.87. The lowest BCUT2D eigenvalue weighted by Crippen LogP contribution is -2.12. The first-order chi connectivity index (χ1) is 31.3. The average Bonchev–Trinajstić information content (AvgIpc) is 3.91. The first kappa shape index (κ1) is 36.5. The number of rotatable bonds is 8. The molecule has 0 atom stereocenters. The van der Waals surface area contributed by atoms with Gasteiger partial charge < -0.3 is 13.9 Å². The second-order valence-corrected chi connectivity index (χ2v) is 16.0. The van der Waals surface area contributed by atoms with Gasteiger partial charge in [-0.15, -0.1) is 0 Å². The molecule has 0 aliphatic carbocycles. The van der Waals surface area contributed by atoms with E-state index in [1.165, 1.54) is 49.6 Å². The summed E-state index contributed by atoms with van der Waals surface area (Å²) >= 11 is 0. The number of hydrogen-bond acceptors (Lipinski definition) is 2. The van der Waals surface area contributed by atoms with Crippen molar-refractivity contribution in [2.24, 2.45) is 0 Å². The van der Waals surface area contributed by atoms with E-state index in [9.17, 15) is 0 Å². The fraction of sp³-hybridized carbons (Fsp3) is 0. The molecule has 296 valence electrons. The summed E-state index contributed by atoms with van der Waals surface area (Å²) in [5.74, 6) is 0. The first-order valence-corrected chi connectivity index (χ1v) is 21.5. The van der Waals surface area contributed by atoms with Crippen LogP contribution in [0, 0.1) is 0 Å². The molecule has 12 rings (SSSR count). The zero-order valence-electron chi connectivity index (χ0n) is 34.4. The molecule has 0 fully saturated rings. The van der Waals surface area contributed by atoms with Crippen molar-refractivity contribution in [3.05, 3.63) is 243 Å². The molecular weight excluding hydrogens is 765 g/mol. The summed E-state index contributed by atoms with van der Waals surface area (Å²) in [5.41, 5.74) is 17.5. The highest BCUT2D eigenvalue weighted by Gasteiger charge is 2.24. The zero-order chi connectivity index (χ0) is 41.7. The van der Waals surface area contributed by atoms with E-state index in [0.717, 1.165) is 61.4 Å². The molecule has 0 amide bonds. The summed E-state index contributed by atoms with van der Waals surface area (Å²) < 4.78 is 9.16. The zero-order valence-corrected chi connectivity index (χ0v) is 34.4. The molecule has 63 heavy (non-hydrogen) atoms. The van der Waals surface area contributed by atoms with Crippen molar-refractivity contribution in [3.63, 3.8) is 0 Å². The number of hydrogen-bond donors (Lipinski definition) is 0. The summed E-state index contributed by atoms with van der Waals surface area (Å²) in [6, 6.07) is 87.1. The number of nitrogens with zero attached hydrogens (tertiary/aromatic N) is 2. The fourth-order valence-corrected chi connectivity index (χ4v) is 9.56. The van der Waals surface area contributed by atoms with Crippen LogP contribution in [-0.4, -0.2) is 4.57 Å². The van der Waals surface area contributed by atoms with Gasteiger partial charge in [0.05, 0.1) is 22.4 Å². The van der Waals surface area contributed by atoms with Crippen molar-refractivity contribution in [1.29, 1.82) is 0 Å². The van der Waals surface area contributed by atoms with Crippen molar-refractivity contribution in [2.75, 3.05) is 4.90 Å². The van der Waals surface area contributed by atoms with Gasteiger partial charge in [-0.1, -0.05) is 182 Å². The van der Waals surface area contributed by atoms with Crippen LogP contribution in [0.25, 0.3) is 93.9 Å². The molecule has 2 heterocycles. The Balaban J connectivity index is 1.07. The Kier molecular flexibility index (Phi) is 8.83. The van der Waals surface area contributed by atoms with Crippen molar-refractivity contribution in [3.8, 4) is 50.2 Å². The van der Waals surface area contributed by atoms with E-state index in [2.05, 4.69) is 246 Å². The predicted molar refractivity (Wildman–Crippen MR) is 264 cm³/mol. The van der Waals surface area contributed by atoms with Gasteiger partial charge >= 0.3 is 0 Å². The van der Waals surface area contributed by atoms with Crippen molar-refractivity contribution < 1.29 is 4.42 Å². The standard InChI is InChI=1S/C60H40N2O/c1-3-18-41(19-4-1)43-34-39-48(54(40-43)42-20-5-2-6-21-42)46-22-7-8-23-47(46)49-24-9-13-29-55(49)62(58-32-17-28-53-52-27-12-16-33-59(52)63-60(53)58)45-37-35-44(36-38-45)61-56-30-14-10-25-50(56)51-26-11-15-31-57(51)61/h1-40H. The van der Waals surface area contributed by atoms with Crippen LogP contribution >= 0.6 is 0 Å². The second-order valence-electron chi connectivity index (χ2n) is 16.0. The second kappa shape index (κ2) is 15.3. The molecule has 0 unspecified atom stereocenters. The molecule has 3 heteroatoms. The smallest absolute Gasteiger partial charge is 0.159 e. The molecule has 0 radical (unpaired) electrons. The van der Waals surface area contributed by atoms with Gasteiger partial charge in [-0.3, -0.25) is 0 Å². The van der Waals surface area contributed by atoms with Crippen LogP contribution < -0.4 is 4.90 Å². The largest absolute Gasteiger partial charge is 0.454 e. The van der Waals surface area contributed by atoms with Gasteiger partial charge in [0.1, 0.15) is 5.58 Å². The van der Waals surface area contributed by atoms with Gasteiger partial charge in [-0.25, -0.2) is 0 Å². The van der Waals surface area contributed by atoms with Crippen LogP contribution in [0.15, 0.2) is 247 Å². The minimum Gasteiger partial charge on any atom is -0.454 e. The van der Waals surface area contributed by atoms with E-state index in [1.807, 2.05) is 6.07 Å². The Morgan fingerprint density at radius 1 is 0.317 bits per heavy atom. The Labute approximate surface area is 366 Å². The van der Waals surface area contributed by atoms with Gasteiger partial charge in [0, 0.05) is 38.5 Å². The van der Waals surface area contributed by atoms with Crippen LogP contribution in [0.5, 0.6) is 0 Å². The van der Waals surface area contributed by atoms with Gasteiger partial charge in [0.2, 0.25) is 0 Å². The Hall–Kier alpha value is -8.40. The maximum absolute atomic E-state index is 6.79. The summed E-state index contributed by atoms with van der Waals surface area (Å²) in [4.78, 5) is 2.38. The molecule has 0 aliphatic heterocycles. The molecule has 0 bridgehead atoms. The van der Waals surface area contributed by atoms with E-state index in [1.54, 1.807) is 0 Å². The van der Waals surface area contributed by atoms with Crippen LogP contribution in [-0.2, 0) is 0 Å². The monoisotopic (exact) mass is 804 g/mol.